The Morgan fingerprint density at radius 1 is 1.26 bits per heavy atom. The van der Waals surface area contributed by atoms with E-state index in [9.17, 15) is 4.79 Å². The van der Waals surface area contributed by atoms with Gasteiger partial charge in [0.25, 0.3) is 0 Å². The summed E-state index contributed by atoms with van der Waals surface area (Å²) in [4.78, 5) is 15.8. The Bertz CT molecular complexity index is 520. The van der Waals surface area contributed by atoms with Crippen LogP contribution in [-0.2, 0) is 11.2 Å². The van der Waals surface area contributed by atoms with Gasteiger partial charge in [0, 0.05) is 12.6 Å². The first-order valence-electron chi connectivity index (χ1n) is 9.18. The third-order valence-electron chi connectivity index (χ3n) is 5.73. The molecule has 2 heterocycles. The van der Waals surface area contributed by atoms with Crippen molar-refractivity contribution in [2.24, 2.45) is 11.3 Å². The molecular formula is C20H30N2O. The maximum atomic E-state index is 13.5. The molecule has 2 saturated heterocycles. The van der Waals surface area contributed by atoms with Gasteiger partial charge in [-0.3, -0.25) is 4.79 Å². The zero-order chi connectivity index (χ0) is 16.3. The van der Waals surface area contributed by atoms with Gasteiger partial charge in [0.05, 0.1) is 5.41 Å². The van der Waals surface area contributed by atoms with Gasteiger partial charge >= 0.3 is 0 Å². The van der Waals surface area contributed by atoms with Gasteiger partial charge in [-0.05, 0) is 56.7 Å². The van der Waals surface area contributed by atoms with E-state index in [4.69, 9.17) is 0 Å². The second kappa shape index (κ2) is 7.04. The maximum Gasteiger partial charge on any atom is 0.229 e. The molecule has 1 aromatic carbocycles. The summed E-state index contributed by atoms with van der Waals surface area (Å²) in [5, 5.41) is 3.43. The van der Waals surface area contributed by atoms with E-state index >= 15 is 0 Å². The highest BCUT2D eigenvalue weighted by Gasteiger charge is 2.45. The molecule has 1 N–H and O–H groups in total. The second-order valence-corrected chi connectivity index (χ2v) is 7.64. The van der Waals surface area contributed by atoms with E-state index in [0.29, 0.717) is 17.9 Å². The first-order valence-corrected chi connectivity index (χ1v) is 9.18. The molecule has 0 bridgehead atoms. The Kier molecular flexibility index (Phi) is 5.05. The van der Waals surface area contributed by atoms with Crippen LogP contribution >= 0.6 is 0 Å². The SMILES string of the molecule is CC(C)C1CCCN1C(=O)C1(Cc2ccccc2)CCNCC1. The van der Waals surface area contributed by atoms with Crippen LogP contribution in [0.25, 0.3) is 0 Å². The van der Waals surface area contributed by atoms with Gasteiger partial charge in [-0.2, -0.15) is 0 Å². The van der Waals surface area contributed by atoms with Gasteiger partial charge in [-0.15, -0.1) is 0 Å². The molecule has 0 radical (unpaired) electrons. The van der Waals surface area contributed by atoms with Crippen molar-refractivity contribution in [3.63, 3.8) is 0 Å². The minimum Gasteiger partial charge on any atom is -0.339 e. The summed E-state index contributed by atoms with van der Waals surface area (Å²) in [6.07, 6.45) is 5.14. The number of piperidine rings is 1. The van der Waals surface area contributed by atoms with Crippen LogP contribution < -0.4 is 5.32 Å². The minimum atomic E-state index is -0.204. The van der Waals surface area contributed by atoms with E-state index in [1.165, 1.54) is 12.0 Å². The van der Waals surface area contributed by atoms with E-state index in [2.05, 4.69) is 54.4 Å². The van der Waals surface area contributed by atoms with Crippen molar-refractivity contribution in [1.29, 1.82) is 0 Å². The fourth-order valence-corrected chi connectivity index (χ4v) is 4.40. The lowest BCUT2D eigenvalue weighted by Gasteiger charge is -2.41. The minimum absolute atomic E-state index is 0.204. The van der Waals surface area contributed by atoms with Crippen LogP contribution in [0.4, 0.5) is 0 Å². The van der Waals surface area contributed by atoms with E-state index in [0.717, 1.165) is 45.3 Å². The predicted octanol–water partition coefficient (Wildman–Crippen LogP) is 3.25. The number of amides is 1. The molecule has 0 saturated carbocycles. The van der Waals surface area contributed by atoms with Crippen LogP contribution in [0.5, 0.6) is 0 Å². The van der Waals surface area contributed by atoms with Crippen LogP contribution in [0.2, 0.25) is 0 Å². The normalized spacial score (nSPS) is 24.1. The average Bonchev–Trinajstić information content (AvgIpc) is 3.05. The third-order valence-corrected chi connectivity index (χ3v) is 5.73. The predicted molar refractivity (Wildman–Crippen MR) is 94.3 cm³/mol. The molecule has 0 aliphatic carbocycles. The molecule has 126 valence electrons. The number of nitrogens with one attached hydrogen (secondary N) is 1. The molecule has 1 amide bonds. The van der Waals surface area contributed by atoms with E-state index in [-0.39, 0.29) is 5.41 Å². The molecule has 3 heteroatoms. The van der Waals surface area contributed by atoms with Crippen LogP contribution in [0.1, 0.15) is 45.1 Å². The lowest BCUT2D eigenvalue weighted by atomic mass is 9.72. The number of hydrogen-bond acceptors (Lipinski definition) is 2. The second-order valence-electron chi connectivity index (χ2n) is 7.64. The molecule has 1 aromatic rings. The van der Waals surface area contributed by atoms with Crippen molar-refractivity contribution in [2.75, 3.05) is 19.6 Å². The van der Waals surface area contributed by atoms with Crippen molar-refractivity contribution in [3.05, 3.63) is 35.9 Å². The summed E-state index contributed by atoms with van der Waals surface area (Å²) < 4.78 is 0. The summed E-state index contributed by atoms with van der Waals surface area (Å²) >= 11 is 0. The molecule has 23 heavy (non-hydrogen) atoms. The average molecular weight is 314 g/mol. The van der Waals surface area contributed by atoms with Gasteiger partial charge in [0.15, 0.2) is 0 Å². The summed E-state index contributed by atoms with van der Waals surface area (Å²) in [7, 11) is 0. The van der Waals surface area contributed by atoms with Crippen LogP contribution in [0.15, 0.2) is 30.3 Å². The van der Waals surface area contributed by atoms with Gasteiger partial charge in [-0.1, -0.05) is 44.2 Å². The molecule has 0 spiro atoms. The zero-order valence-corrected chi connectivity index (χ0v) is 14.6. The highest BCUT2D eigenvalue weighted by Crippen LogP contribution is 2.38. The quantitative estimate of drug-likeness (QED) is 0.925. The highest BCUT2D eigenvalue weighted by atomic mass is 16.2. The van der Waals surface area contributed by atoms with Gasteiger partial charge in [0.1, 0.15) is 0 Å². The Balaban J connectivity index is 1.84. The van der Waals surface area contributed by atoms with Crippen molar-refractivity contribution in [2.45, 2.75) is 52.0 Å². The van der Waals surface area contributed by atoms with E-state index < -0.39 is 0 Å². The van der Waals surface area contributed by atoms with Gasteiger partial charge in [-0.25, -0.2) is 0 Å². The molecule has 3 nitrogen and oxygen atoms in total. The van der Waals surface area contributed by atoms with E-state index in [1.54, 1.807) is 0 Å². The highest BCUT2D eigenvalue weighted by molar-refractivity contribution is 5.84. The number of hydrogen-bond donors (Lipinski definition) is 1. The summed E-state index contributed by atoms with van der Waals surface area (Å²) in [6.45, 7) is 7.37. The van der Waals surface area contributed by atoms with Crippen molar-refractivity contribution >= 4 is 5.91 Å². The Labute approximate surface area is 140 Å². The van der Waals surface area contributed by atoms with E-state index in [1.807, 2.05) is 0 Å². The molecule has 3 rings (SSSR count). The number of likely N-dealkylation sites (tertiary alicyclic amines) is 1. The Morgan fingerprint density at radius 2 is 1.96 bits per heavy atom. The van der Waals surface area contributed by atoms with Gasteiger partial charge in [0.2, 0.25) is 5.91 Å². The fraction of sp³-hybridized carbons (Fsp3) is 0.650. The third kappa shape index (κ3) is 3.45. The molecule has 2 aliphatic rings. The van der Waals surface area contributed by atoms with Crippen LogP contribution in [-0.4, -0.2) is 36.5 Å². The van der Waals surface area contributed by atoms with Crippen molar-refractivity contribution in [1.82, 2.24) is 10.2 Å². The number of nitrogens with zero attached hydrogens (tertiary/aromatic N) is 1. The first kappa shape index (κ1) is 16.5. The maximum absolute atomic E-state index is 13.5. The number of carbonyl (C=O) groups excluding carboxylic acids is 1. The Morgan fingerprint density at radius 3 is 2.61 bits per heavy atom. The molecular weight excluding hydrogens is 284 g/mol. The standard InChI is InChI=1S/C20H30N2O/c1-16(2)18-9-6-14-22(18)19(23)20(10-12-21-13-11-20)15-17-7-4-3-5-8-17/h3-5,7-8,16,18,21H,6,9-15H2,1-2H3. The lowest BCUT2D eigenvalue weighted by molar-refractivity contribution is -0.145. The molecule has 2 fully saturated rings. The monoisotopic (exact) mass is 314 g/mol. The lowest BCUT2D eigenvalue weighted by Crippen LogP contribution is -2.52. The largest absolute Gasteiger partial charge is 0.339 e. The molecule has 0 aromatic heterocycles. The summed E-state index contributed by atoms with van der Waals surface area (Å²) in [6, 6.07) is 11.0. The molecule has 1 atom stereocenters. The molecule has 1 unspecified atom stereocenters. The topological polar surface area (TPSA) is 32.3 Å². The van der Waals surface area contributed by atoms with Crippen molar-refractivity contribution in [3.8, 4) is 0 Å². The Hall–Kier alpha value is -1.35. The first-order chi connectivity index (χ1) is 11.1. The van der Waals surface area contributed by atoms with Crippen LogP contribution in [0.3, 0.4) is 0 Å². The van der Waals surface area contributed by atoms with Gasteiger partial charge < -0.3 is 10.2 Å². The van der Waals surface area contributed by atoms with Crippen LogP contribution in [0, 0.1) is 11.3 Å². The number of carbonyl (C=O) groups is 1. The summed E-state index contributed by atoms with van der Waals surface area (Å²) in [5.41, 5.74) is 1.09. The zero-order valence-electron chi connectivity index (χ0n) is 14.6. The molecule has 2 aliphatic heterocycles. The number of benzene rings is 1. The fourth-order valence-electron chi connectivity index (χ4n) is 4.40. The smallest absolute Gasteiger partial charge is 0.229 e. The number of rotatable bonds is 4. The van der Waals surface area contributed by atoms with Crippen molar-refractivity contribution < 1.29 is 4.79 Å². The summed E-state index contributed by atoms with van der Waals surface area (Å²) in [5.74, 6) is 0.969.